The summed E-state index contributed by atoms with van der Waals surface area (Å²) >= 11 is 12.7. The zero-order valence-corrected chi connectivity index (χ0v) is 14.8. The molecule has 3 nitrogen and oxygen atoms in total. The average molecular weight is 358 g/mol. The minimum absolute atomic E-state index is 0.0807. The Bertz CT molecular complexity index is 500. The zero-order chi connectivity index (χ0) is 15.0. The van der Waals surface area contributed by atoms with Crippen LogP contribution < -0.4 is 4.72 Å². The molecular weight excluding hydrogens is 337 g/mol. The molecule has 0 fully saturated rings. The fourth-order valence-electron chi connectivity index (χ4n) is 1.87. The maximum atomic E-state index is 12.0. The van der Waals surface area contributed by atoms with Gasteiger partial charge in [0.1, 0.15) is 9.23 Å². The van der Waals surface area contributed by atoms with Crippen LogP contribution in [0.15, 0.2) is 11.0 Å². The Kier molecular flexibility index (Phi) is 8.44. The monoisotopic (exact) mass is 357 g/mol. The Morgan fingerprint density at radius 2 is 1.70 bits per heavy atom. The predicted molar refractivity (Wildman–Crippen MR) is 87.5 cm³/mol. The summed E-state index contributed by atoms with van der Waals surface area (Å²) in [6.45, 7) is 2.64. The van der Waals surface area contributed by atoms with Crippen molar-refractivity contribution in [1.82, 2.24) is 4.72 Å². The summed E-state index contributed by atoms with van der Waals surface area (Å²) in [6, 6.07) is 1.39. The number of sulfonamides is 1. The smallest absolute Gasteiger partial charge is 0.211 e. The van der Waals surface area contributed by atoms with Crippen LogP contribution in [0.5, 0.6) is 0 Å². The first kappa shape index (κ1) is 18.2. The molecule has 0 amide bonds. The fraction of sp³-hybridized carbons (Fsp3) is 0.692. The fourth-order valence-corrected chi connectivity index (χ4v) is 5.10. The Hall–Kier alpha value is 0.190. The Balaban J connectivity index is 2.26. The molecule has 0 saturated heterocycles. The van der Waals surface area contributed by atoms with Gasteiger partial charge in [0.2, 0.25) is 10.0 Å². The van der Waals surface area contributed by atoms with Gasteiger partial charge in [0.25, 0.3) is 0 Å². The molecule has 0 atom stereocenters. The molecule has 0 aromatic carbocycles. The van der Waals surface area contributed by atoms with E-state index in [4.69, 9.17) is 23.2 Å². The molecule has 0 aliphatic heterocycles. The molecule has 0 bridgehead atoms. The first-order chi connectivity index (χ1) is 9.47. The average Bonchev–Trinajstić information content (AvgIpc) is 2.72. The highest BCUT2D eigenvalue weighted by Crippen LogP contribution is 2.33. The highest BCUT2D eigenvalue weighted by Gasteiger charge is 2.20. The molecule has 7 heteroatoms. The third kappa shape index (κ3) is 6.31. The van der Waals surface area contributed by atoms with Crippen molar-refractivity contribution in [2.45, 2.75) is 56.8 Å². The van der Waals surface area contributed by atoms with E-state index in [0.717, 1.165) is 30.6 Å². The predicted octanol–water partition coefficient (Wildman–Crippen LogP) is 5.08. The van der Waals surface area contributed by atoms with E-state index in [9.17, 15) is 8.42 Å². The second-order valence-corrected chi connectivity index (χ2v) is 8.73. The van der Waals surface area contributed by atoms with Crippen molar-refractivity contribution in [3.8, 4) is 0 Å². The standard InChI is InChI=1S/C13H21Cl2NO2S2/c1-2-3-4-5-6-7-8-9-16-20(17,18)11-10-12(14)19-13(11)15/h10,16H,2-9H2,1H3. The van der Waals surface area contributed by atoms with Gasteiger partial charge in [0, 0.05) is 6.54 Å². The van der Waals surface area contributed by atoms with Crippen LogP contribution in [-0.2, 0) is 10.0 Å². The number of hydrogen-bond donors (Lipinski definition) is 1. The minimum Gasteiger partial charge on any atom is -0.211 e. The van der Waals surface area contributed by atoms with Gasteiger partial charge in [0.15, 0.2) is 0 Å². The van der Waals surface area contributed by atoms with Gasteiger partial charge in [-0.3, -0.25) is 0 Å². The lowest BCUT2D eigenvalue weighted by molar-refractivity contribution is 0.564. The van der Waals surface area contributed by atoms with Crippen LogP contribution in [0.3, 0.4) is 0 Å². The van der Waals surface area contributed by atoms with Crippen LogP contribution in [0.4, 0.5) is 0 Å². The summed E-state index contributed by atoms with van der Waals surface area (Å²) in [5.74, 6) is 0. The van der Waals surface area contributed by atoms with Gasteiger partial charge < -0.3 is 0 Å². The van der Waals surface area contributed by atoms with Crippen molar-refractivity contribution >= 4 is 44.6 Å². The molecule has 1 N–H and O–H groups in total. The van der Waals surface area contributed by atoms with E-state index in [-0.39, 0.29) is 9.23 Å². The van der Waals surface area contributed by atoms with E-state index < -0.39 is 10.0 Å². The third-order valence-corrected chi connectivity index (χ3v) is 6.20. The highest BCUT2D eigenvalue weighted by molar-refractivity contribution is 7.89. The van der Waals surface area contributed by atoms with Crippen molar-refractivity contribution < 1.29 is 8.42 Å². The molecule has 1 aromatic heterocycles. The molecule has 1 heterocycles. The van der Waals surface area contributed by atoms with E-state index in [2.05, 4.69) is 11.6 Å². The Morgan fingerprint density at radius 1 is 1.10 bits per heavy atom. The van der Waals surface area contributed by atoms with Gasteiger partial charge in [0.05, 0.1) is 4.34 Å². The molecule has 0 saturated carbocycles. The maximum Gasteiger partial charge on any atom is 0.242 e. The van der Waals surface area contributed by atoms with Crippen LogP contribution in [0, 0.1) is 0 Å². The normalized spacial score (nSPS) is 11.9. The minimum atomic E-state index is -3.53. The lowest BCUT2D eigenvalue weighted by Gasteiger charge is -2.05. The van der Waals surface area contributed by atoms with Crippen molar-refractivity contribution in [1.29, 1.82) is 0 Å². The van der Waals surface area contributed by atoms with Crippen molar-refractivity contribution in [3.05, 3.63) is 14.7 Å². The summed E-state index contributed by atoms with van der Waals surface area (Å²) in [7, 11) is -3.53. The SMILES string of the molecule is CCCCCCCCCNS(=O)(=O)c1cc(Cl)sc1Cl. The van der Waals surface area contributed by atoms with Crippen LogP contribution in [0.1, 0.15) is 51.9 Å². The van der Waals surface area contributed by atoms with Crippen molar-refractivity contribution in [3.63, 3.8) is 0 Å². The molecular formula is C13H21Cl2NO2S2. The quantitative estimate of drug-likeness (QED) is 0.593. The maximum absolute atomic E-state index is 12.0. The van der Waals surface area contributed by atoms with Crippen LogP contribution >= 0.6 is 34.5 Å². The number of hydrogen-bond acceptors (Lipinski definition) is 3. The van der Waals surface area contributed by atoms with Gasteiger partial charge >= 0.3 is 0 Å². The summed E-state index contributed by atoms with van der Waals surface area (Å²) in [5.41, 5.74) is 0. The van der Waals surface area contributed by atoms with Gasteiger partial charge in [-0.15, -0.1) is 11.3 Å². The Labute approximate surface area is 135 Å². The second-order valence-electron chi connectivity index (χ2n) is 4.71. The number of rotatable bonds is 10. The molecule has 0 aliphatic rings. The van der Waals surface area contributed by atoms with Crippen LogP contribution in [0.25, 0.3) is 0 Å². The van der Waals surface area contributed by atoms with Gasteiger partial charge in [-0.2, -0.15) is 0 Å². The lowest BCUT2D eigenvalue weighted by atomic mass is 10.1. The Morgan fingerprint density at radius 3 is 2.25 bits per heavy atom. The molecule has 116 valence electrons. The van der Waals surface area contributed by atoms with E-state index in [0.29, 0.717) is 10.9 Å². The van der Waals surface area contributed by atoms with E-state index in [1.165, 1.54) is 31.7 Å². The van der Waals surface area contributed by atoms with E-state index >= 15 is 0 Å². The number of thiophene rings is 1. The summed E-state index contributed by atoms with van der Waals surface area (Å²) in [6.07, 6.45) is 8.07. The number of unbranched alkanes of at least 4 members (excludes halogenated alkanes) is 6. The van der Waals surface area contributed by atoms with Gasteiger partial charge in [-0.05, 0) is 12.5 Å². The summed E-state index contributed by atoms with van der Waals surface area (Å²) in [5, 5.41) is 0. The first-order valence-corrected chi connectivity index (χ1v) is 9.97. The summed E-state index contributed by atoms with van der Waals surface area (Å²) in [4.78, 5) is 0.0807. The topological polar surface area (TPSA) is 46.2 Å². The van der Waals surface area contributed by atoms with Crippen LogP contribution in [-0.4, -0.2) is 15.0 Å². The molecule has 0 spiro atoms. The van der Waals surface area contributed by atoms with Gasteiger partial charge in [-0.25, -0.2) is 13.1 Å². The highest BCUT2D eigenvalue weighted by atomic mass is 35.5. The molecule has 0 aliphatic carbocycles. The van der Waals surface area contributed by atoms with Crippen molar-refractivity contribution in [2.75, 3.05) is 6.54 Å². The zero-order valence-electron chi connectivity index (χ0n) is 11.6. The lowest BCUT2D eigenvalue weighted by Crippen LogP contribution is -2.24. The molecule has 0 unspecified atom stereocenters. The molecule has 0 radical (unpaired) electrons. The first-order valence-electron chi connectivity index (χ1n) is 6.92. The molecule has 20 heavy (non-hydrogen) atoms. The van der Waals surface area contributed by atoms with Crippen LogP contribution in [0.2, 0.25) is 8.67 Å². The molecule has 1 aromatic rings. The second kappa shape index (κ2) is 9.26. The largest absolute Gasteiger partial charge is 0.242 e. The number of nitrogens with one attached hydrogen (secondary N) is 1. The third-order valence-electron chi connectivity index (χ3n) is 2.99. The molecule has 1 rings (SSSR count). The van der Waals surface area contributed by atoms with Crippen molar-refractivity contribution in [2.24, 2.45) is 0 Å². The van der Waals surface area contributed by atoms with E-state index in [1.54, 1.807) is 0 Å². The van der Waals surface area contributed by atoms with Gasteiger partial charge in [-0.1, -0.05) is 68.7 Å². The summed E-state index contributed by atoms with van der Waals surface area (Å²) < 4.78 is 27.1. The van der Waals surface area contributed by atoms with E-state index in [1.807, 2.05) is 0 Å². The number of halogens is 2.